The van der Waals surface area contributed by atoms with Crippen molar-refractivity contribution in [1.29, 1.82) is 5.26 Å². The van der Waals surface area contributed by atoms with Gasteiger partial charge in [-0.25, -0.2) is 4.98 Å². The van der Waals surface area contributed by atoms with E-state index in [-0.39, 0.29) is 17.2 Å². The molecule has 0 radical (unpaired) electrons. The van der Waals surface area contributed by atoms with Crippen LogP contribution in [0.2, 0.25) is 0 Å². The van der Waals surface area contributed by atoms with Crippen LogP contribution < -0.4 is 8.92 Å². The van der Waals surface area contributed by atoms with Crippen LogP contribution in [0.4, 0.5) is 0 Å². The molecule has 0 amide bonds. The average Bonchev–Trinajstić information content (AvgIpc) is 2.16. The summed E-state index contributed by atoms with van der Waals surface area (Å²) in [4.78, 5) is 3.66. The number of ether oxygens (including phenoxy) is 1. The predicted molar refractivity (Wildman–Crippen MR) is 51.0 cm³/mol. The minimum atomic E-state index is -3.71. The van der Waals surface area contributed by atoms with Crippen LogP contribution in [0.15, 0.2) is 12.3 Å². The topological polar surface area (TPSA) is 89.3 Å². The molecule has 80 valence electrons. The average molecular weight is 228 g/mol. The Labute approximate surface area is 87.2 Å². The van der Waals surface area contributed by atoms with Crippen LogP contribution in [-0.4, -0.2) is 26.8 Å². The summed E-state index contributed by atoms with van der Waals surface area (Å²) in [7, 11) is -2.37. The Morgan fingerprint density at radius 1 is 1.53 bits per heavy atom. The lowest BCUT2D eigenvalue weighted by atomic mass is 10.3. The molecule has 0 aliphatic rings. The molecule has 0 atom stereocenters. The summed E-state index contributed by atoms with van der Waals surface area (Å²) in [5, 5.41) is 8.69. The van der Waals surface area contributed by atoms with Gasteiger partial charge in [-0.05, 0) is 0 Å². The predicted octanol–water partition coefficient (Wildman–Crippen LogP) is 0.300. The van der Waals surface area contributed by atoms with E-state index in [2.05, 4.69) is 9.17 Å². The lowest BCUT2D eigenvalue weighted by molar-refractivity contribution is 0.390. The standard InChI is InChI=1S/C8H8N2O4S/c1-13-7-3-4-10-6(5-9)8(7)14-15(2,11)12/h3-4H,1-2H3. The Morgan fingerprint density at radius 3 is 2.67 bits per heavy atom. The van der Waals surface area contributed by atoms with Crippen molar-refractivity contribution in [2.45, 2.75) is 0 Å². The molecule has 0 spiro atoms. The Balaban J connectivity index is 3.30. The highest BCUT2D eigenvalue weighted by molar-refractivity contribution is 7.86. The number of hydrogen-bond donors (Lipinski definition) is 0. The van der Waals surface area contributed by atoms with E-state index in [1.165, 1.54) is 19.4 Å². The van der Waals surface area contributed by atoms with Crippen LogP contribution in [0.1, 0.15) is 5.69 Å². The van der Waals surface area contributed by atoms with E-state index in [9.17, 15) is 8.42 Å². The molecular formula is C8H8N2O4S. The second-order valence-electron chi connectivity index (χ2n) is 2.59. The monoisotopic (exact) mass is 228 g/mol. The summed E-state index contributed by atoms with van der Waals surface area (Å²) in [6.45, 7) is 0. The quantitative estimate of drug-likeness (QED) is 0.691. The number of nitrogens with zero attached hydrogens (tertiary/aromatic N) is 2. The van der Waals surface area contributed by atoms with Crippen LogP contribution in [0.25, 0.3) is 0 Å². The zero-order valence-electron chi connectivity index (χ0n) is 8.09. The molecule has 6 nitrogen and oxygen atoms in total. The summed E-state index contributed by atoms with van der Waals surface area (Å²) in [6.07, 6.45) is 2.20. The van der Waals surface area contributed by atoms with Gasteiger partial charge in [-0.2, -0.15) is 13.7 Å². The van der Waals surface area contributed by atoms with E-state index in [0.29, 0.717) is 0 Å². The summed E-state index contributed by atoms with van der Waals surface area (Å²) >= 11 is 0. The number of hydrogen-bond acceptors (Lipinski definition) is 6. The summed E-state index contributed by atoms with van der Waals surface area (Å²) in [5.74, 6) is -0.0445. The largest absolute Gasteiger partial charge is 0.493 e. The van der Waals surface area contributed by atoms with Gasteiger partial charge >= 0.3 is 10.1 Å². The molecule has 0 fully saturated rings. The van der Waals surface area contributed by atoms with Gasteiger partial charge in [0.25, 0.3) is 0 Å². The van der Waals surface area contributed by atoms with Crippen molar-refractivity contribution in [3.8, 4) is 17.6 Å². The summed E-state index contributed by atoms with van der Waals surface area (Å²) in [6, 6.07) is 3.12. The minimum absolute atomic E-state index is 0.139. The molecule has 1 aromatic heterocycles. The van der Waals surface area contributed by atoms with Crippen LogP contribution in [0.3, 0.4) is 0 Å². The first-order valence-corrected chi connectivity index (χ1v) is 5.62. The van der Waals surface area contributed by atoms with Crippen molar-refractivity contribution in [2.24, 2.45) is 0 Å². The second-order valence-corrected chi connectivity index (χ2v) is 4.17. The maximum absolute atomic E-state index is 10.9. The first kappa shape index (κ1) is 11.3. The number of aromatic nitrogens is 1. The van der Waals surface area contributed by atoms with Gasteiger partial charge in [0.2, 0.25) is 5.75 Å². The Morgan fingerprint density at radius 2 is 2.20 bits per heavy atom. The number of pyridine rings is 1. The highest BCUT2D eigenvalue weighted by atomic mass is 32.2. The van der Waals surface area contributed by atoms with Gasteiger partial charge in [0.05, 0.1) is 13.4 Å². The van der Waals surface area contributed by atoms with Gasteiger partial charge in [-0.1, -0.05) is 0 Å². The van der Waals surface area contributed by atoms with Gasteiger partial charge in [-0.3, -0.25) is 0 Å². The van der Waals surface area contributed by atoms with Crippen LogP contribution in [-0.2, 0) is 10.1 Å². The molecule has 0 bridgehead atoms. The third kappa shape index (κ3) is 2.82. The SMILES string of the molecule is COc1ccnc(C#N)c1OS(C)(=O)=O. The first-order chi connectivity index (χ1) is 6.98. The third-order valence-corrected chi connectivity index (χ3v) is 1.90. The molecule has 7 heteroatoms. The first-order valence-electron chi connectivity index (χ1n) is 3.80. The number of methoxy groups -OCH3 is 1. The van der Waals surface area contributed by atoms with E-state index in [1.54, 1.807) is 6.07 Å². The molecule has 1 rings (SSSR count). The van der Waals surface area contributed by atoms with Crippen molar-refractivity contribution in [3.05, 3.63) is 18.0 Å². The fourth-order valence-corrected chi connectivity index (χ4v) is 1.37. The maximum Gasteiger partial charge on any atom is 0.306 e. The van der Waals surface area contributed by atoms with Gasteiger partial charge in [-0.15, -0.1) is 0 Å². The van der Waals surface area contributed by atoms with E-state index in [0.717, 1.165) is 6.26 Å². The van der Waals surface area contributed by atoms with Gasteiger partial charge < -0.3 is 8.92 Å². The molecule has 0 N–H and O–H groups in total. The normalized spacial score (nSPS) is 10.5. The van der Waals surface area contributed by atoms with Crippen molar-refractivity contribution >= 4 is 10.1 Å². The van der Waals surface area contributed by atoms with Gasteiger partial charge in [0.1, 0.15) is 6.07 Å². The van der Waals surface area contributed by atoms with E-state index >= 15 is 0 Å². The van der Waals surface area contributed by atoms with E-state index in [4.69, 9.17) is 10.00 Å². The molecule has 15 heavy (non-hydrogen) atoms. The molecule has 0 saturated carbocycles. The molecule has 0 saturated heterocycles. The van der Waals surface area contributed by atoms with Crippen LogP contribution in [0, 0.1) is 11.3 Å². The van der Waals surface area contributed by atoms with Crippen molar-refractivity contribution < 1.29 is 17.3 Å². The van der Waals surface area contributed by atoms with Gasteiger partial charge in [0, 0.05) is 12.3 Å². The number of rotatable bonds is 3. The fraction of sp³-hybridized carbons (Fsp3) is 0.250. The zero-order valence-corrected chi connectivity index (χ0v) is 8.91. The van der Waals surface area contributed by atoms with Crippen molar-refractivity contribution in [3.63, 3.8) is 0 Å². The van der Waals surface area contributed by atoms with Crippen LogP contribution >= 0.6 is 0 Å². The van der Waals surface area contributed by atoms with E-state index < -0.39 is 10.1 Å². The Hall–Kier alpha value is -1.81. The smallest absolute Gasteiger partial charge is 0.306 e. The molecule has 1 heterocycles. The van der Waals surface area contributed by atoms with Crippen molar-refractivity contribution in [2.75, 3.05) is 13.4 Å². The summed E-state index contributed by atoms with van der Waals surface area (Å²) < 4.78 is 31.3. The Bertz CT molecular complexity index is 504. The van der Waals surface area contributed by atoms with Crippen molar-refractivity contribution in [1.82, 2.24) is 4.98 Å². The molecule has 0 aliphatic heterocycles. The molecule has 1 aromatic rings. The highest BCUT2D eigenvalue weighted by Crippen LogP contribution is 2.29. The Kier molecular flexibility index (Phi) is 3.11. The minimum Gasteiger partial charge on any atom is -0.493 e. The highest BCUT2D eigenvalue weighted by Gasteiger charge is 2.16. The molecule has 0 aromatic carbocycles. The summed E-state index contributed by atoms with van der Waals surface area (Å²) in [5.41, 5.74) is -0.139. The lowest BCUT2D eigenvalue weighted by Gasteiger charge is -2.08. The zero-order chi connectivity index (χ0) is 11.5. The molecular weight excluding hydrogens is 220 g/mol. The lowest BCUT2D eigenvalue weighted by Crippen LogP contribution is -2.08. The maximum atomic E-state index is 10.9. The molecule has 0 unspecified atom stereocenters. The third-order valence-electron chi connectivity index (χ3n) is 1.43. The van der Waals surface area contributed by atoms with Gasteiger partial charge in [0.15, 0.2) is 11.4 Å². The number of nitriles is 1. The van der Waals surface area contributed by atoms with E-state index in [1.807, 2.05) is 0 Å². The van der Waals surface area contributed by atoms with Crippen LogP contribution in [0.5, 0.6) is 11.5 Å². The second kappa shape index (κ2) is 4.14. The molecule has 0 aliphatic carbocycles. The fourth-order valence-electron chi connectivity index (χ4n) is 0.903.